The van der Waals surface area contributed by atoms with Crippen molar-refractivity contribution in [2.75, 3.05) is 34.4 Å². The van der Waals surface area contributed by atoms with E-state index in [4.69, 9.17) is 14.6 Å². The van der Waals surface area contributed by atoms with E-state index in [1.807, 2.05) is 0 Å². The number of hydrogen-bond donors (Lipinski definition) is 1. The Bertz CT molecular complexity index is 139. The fourth-order valence-corrected chi connectivity index (χ4v) is 0.765. The van der Waals surface area contributed by atoms with Crippen LogP contribution < -0.4 is 0 Å². The molecule has 1 N–H and O–H groups in total. The van der Waals surface area contributed by atoms with Crippen LogP contribution >= 0.6 is 0 Å². The molecule has 0 spiro atoms. The van der Waals surface area contributed by atoms with Crippen LogP contribution in [0, 0.1) is 0 Å². The van der Waals surface area contributed by atoms with Gasteiger partial charge in [0.1, 0.15) is 0 Å². The van der Waals surface area contributed by atoms with Gasteiger partial charge in [-0.05, 0) is 0 Å². The molecule has 0 fully saturated rings. The molecule has 5 nitrogen and oxygen atoms in total. The summed E-state index contributed by atoms with van der Waals surface area (Å²) in [6.45, 7) is 0.716. The first-order chi connectivity index (χ1) is 5.61. The summed E-state index contributed by atoms with van der Waals surface area (Å²) in [5.41, 5.74) is 0. The Labute approximate surface area is 71.9 Å². The minimum atomic E-state index is -0.965. The van der Waals surface area contributed by atoms with Gasteiger partial charge in [0.15, 0.2) is 0 Å². The number of amides is 1. The lowest BCUT2D eigenvalue weighted by atomic mass is 10.3. The molecule has 0 aromatic heterocycles. The van der Waals surface area contributed by atoms with Gasteiger partial charge in [0.2, 0.25) is 0 Å². The minimum absolute atomic E-state index is 0.198. The molecule has 0 unspecified atom stereocenters. The van der Waals surface area contributed by atoms with Crippen LogP contribution in [0.5, 0.6) is 0 Å². The van der Waals surface area contributed by atoms with E-state index in [1.165, 1.54) is 14.2 Å². The molecule has 0 bridgehead atoms. The van der Waals surface area contributed by atoms with Crippen LogP contribution in [0.4, 0.5) is 4.79 Å². The molecular formula is C7H15NO4. The van der Waals surface area contributed by atoms with Crippen molar-refractivity contribution in [2.24, 2.45) is 0 Å². The first kappa shape index (κ1) is 11.2. The number of nitrogens with zero attached hydrogens (tertiary/aromatic N) is 1. The number of carbonyl (C=O) groups is 1. The molecule has 0 heterocycles. The van der Waals surface area contributed by atoms with Crippen molar-refractivity contribution in [1.29, 1.82) is 0 Å². The third-order valence-electron chi connectivity index (χ3n) is 1.49. The highest BCUT2D eigenvalue weighted by molar-refractivity contribution is 5.64. The predicted octanol–water partition coefficient (Wildman–Crippen LogP) is 0.258. The number of likely N-dealkylation sites (N-methyl/N-ethyl adjacent to an activating group) is 1. The van der Waals surface area contributed by atoms with Gasteiger partial charge in [-0.2, -0.15) is 0 Å². The van der Waals surface area contributed by atoms with E-state index in [2.05, 4.69) is 0 Å². The monoisotopic (exact) mass is 177 g/mol. The van der Waals surface area contributed by atoms with Crippen molar-refractivity contribution in [3.05, 3.63) is 0 Å². The van der Waals surface area contributed by atoms with E-state index in [1.54, 1.807) is 7.11 Å². The van der Waals surface area contributed by atoms with Gasteiger partial charge in [-0.3, -0.25) is 0 Å². The zero-order valence-electron chi connectivity index (χ0n) is 7.61. The SMILES string of the molecule is COC[C@@H](CN(C)C(=O)O)OC. The van der Waals surface area contributed by atoms with Gasteiger partial charge in [-0.1, -0.05) is 0 Å². The normalized spacial score (nSPS) is 12.6. The van der Waals surface area contributed by atoms with Gasteiger partial charge in [-0.15, -0.1) is 0 Å². The summed E-state index contributed by atoms with van der Waals surface area (Å²) in [5.74, 6) is 0. The predicted molar refractivity (Wildman–Crippen MR) is 43.3 cm³/mol. The summed E-state index contributed by atoms with van der Waals surface area (Å²) in [4.78, 5) is 11.5. The van der Waals surface area contributed by atoms with Gasteiger partial charge in [0.25, 0.3) is 0 Å². The summed E-state index contributed by atoms with van der Waals surface area (Å²) in [5, 5.41) is 8.52. The maximum absolute atomic E-state index is 10.4. The summed E-state index contributed by atoms with van der Waals surface area (Å²) in [6, 6.07) is 0. The lowest BCUT2D eigenvalue weighted by Crippen LogP contribution is -2.36. The van der Waals surface area contributed by atoms with Gasteiger partial charge < -0.3 is 19.5 Å². The highest BCUT2D eigenvalue weighted by atomic mass is 16.5. The molecule has 0 saturated carbocycles. The summed E-state index contributed by atoms with van der Waals surface area (Å²) < 4.78 is 9.81. The summed E-state index contributed by atoms with van der Waals surface area (Å²) >= 11 is 0. The molecule has 72 valence electrons. The van der Waals surface area contributed by atoms with Crippen LogP contribution in [-0.2, 0) is 9.47 Å². The van der Waals surface area contributed by atoms with Crippen LogP contribution in [0.1, 0.15) is 0 Å². The zero-order chi connectivity index (χ0) is 9.56. The molecule has 0 aliphatic heterocycles. The molecule has 1 atom stereocenters. The number of rotatable bonds is 5. The molecule has 0 saturated heterocycles. The second-order valence-electron chi connectivity index (χ2n) is 2.48. The molecule has 1 amide bonds. The third-order valence-corrected chi connectivity index (χ3v) is 1.49. The standard InChI is InChI=1S/C7H15NO4/c1-8(7(9)10)4-6(12-3)5-11-2/h6H,4-5H2,1-3H3,(H,9,10)/t6-/m1/s1. The maximum Gasteiger partial charge on any atom is 0.407 e. The van der Waals surface area contributed by atoms with Crippen LogP contribution in [0.3, 0.4) is 0 Å². The molecule has 0 aliphatic carbocycles. The van der Waals surface area contributed by atoms with E-state index in [0.29, 0.717) is 13.2 Å². The van der Waals surface area contributed by atoms with Gasteiger partial charge in [0, 0.05) is 21.3 Å². The average molecular weight is 177 g/mol. The number of methoxy groups -OCH3 is 2. The molecule has 0 aromatic carbocycles. The van der Waals surface area contributed by atoms with Crippen LogP contribution in [-0.4, -0.2) is 56.6 Å². The molecular weight excluding hydrogens is 162 g/mol. The Morgan fingerprint density at radius 2 is 2.17 bits per heavy atom. The quantitative estimate of drug-likeness (QED) is 0.654. The second kappa shape index (κ2) is 5.79. The minimum Gasteiger partial charge on any atom is -0.465 e. The highest BCUT2D eigenvalue weighted by Gasteiger charge is 2.13. The van der Waals surface area contributed by atoms with E-state index in [9.17, 15) is 4.79 Å². The summed E-state index contributed by atoms with van der Waals surface area (Å²) in [7, 11) is 4.57. The lowest BCUT2D eigenvalue weighted by Gasteiger charge is -2.19. The lowest BCUT2D eigenvalue weighted by molar-refractivity contribution is 0.0121. The summed E-state index contributed by atoms with van der Waals surface area (Å²) in [6.07, 6.45) is -1.16. The molecule has 5 heteroatoms. The van der Waals surface area contributed by atoms with Gasteiger partial charge >= 0.3 is 6.09 Å². The Morgan fingerprint density at radius 3 is 2.50 bits per heavy atom. The molecule has 0 aliphatic rings. The molecule has 0 aromatic rings. The van der Waals surface area contributed by atoms with Crippen LogP contribution in [0.15, 0.2) is 0 Å². The van der Waals surface area contributed by atoms with E-state index in [-0.39, 0.29) is 6.10 Å². The van der Waals surface area contributed by atoms with Crippen molar-refractivity contribution < 1.29 is 19.4 Å². The third kappa shape index (κ3) is 4.15. The maximum atomic E-state index is 10.4. The number of ether oxygens (including phenoxy) is 2. The number of carboxylic acid groups (broad SMARTS) is 1. The van der Waals surface area contributed by atoms with Gasteiger partial charge in [-0.25, -0.2) is 4.79 Å². The first-order valence-corrected chi connectivity index (χ1v) is 3.57. The second-order valence-corrected chi connectivity index (χ2v) is 2.48. The van der Waals surface area contributed by atoms with Crippen LogP contribution in [0.25, 0.3) is 0 Å². The Kier molecular flexibility index (Phi) is 5.40. The van der Waals surface area contributed by atoms with Crippen molar-refractivity contribution in [3.63, 3.8) is 0 Å². The highest BCUT2D eigenvalue weighted by Crippen LogP contribution is 1.94. The number of hydrogen-bond acceptors (Lipinski definition) is 3. The molecule has 12 heavy (non-hydrogen) atoms. The topological polar surface area (TPSA) is 59.0 Å². The van der Waals surface area contributed by atoms with E-state index in [0.717, 1.165) is 4.90 Å². The average Bonchev–Trinajstić information content (AvgIpc) is 2.03. The van der Waals surface area contributed by atoms with Crippen molar-refractivity contribution in [2.45, 2.75) is 6.10 Å². The molecule has 0 radical (unpaired) electrons. The van der Waals surface area contributed by atoms with Crippen molar-refractivity contribution in [3.8, 4) is 0 Å². The van der Waals surface area contributed by atoms with Crippen molar-refractivity contribution in [1.82, 2.24) is 4.90 Å². The van der Waals surface area contributed by atoms with Crippen LogP contribution in [0.2, 0.25) is 0 Å². The molecule has 0 rings (SSSR count). The Morgan fingerprint density at radius 1 is 1.58 bits per heavy atom. The van der Waals surface area contributed by atoms with Gasteiger partial charge in [0.05, 0.1) is 19.3 Å². The fraction of sp³-hybridized carbons (Fsp3) is 0.857. The van der Waals surface area contributed by atoms with E-state index < -0.39 is 6.09 Å². The van der Waals surface area contributed by atoms with E-state index >= 15 is 0 Å². The Hall–Kier alpha value is -0.810. The smallest absolute Gasteiger partial charge is 0.407 e. The zero-order valence-corrected chi connectivity index (χ0v) is 7.61. The fourth-order valence-electron chi connectivity index (χ4n) is 0.765. The Balaban J connectivity index is 3.76. The first-order valence-electron chi connectivity index (χ1n) is 3.57. The van der Waals surface area contributed by atoms with Crippen molar-refractivity contribution >= 4 is 6.09 Å². The largest absolute Gasteiger partial charge is 0.465 e.